The van der Waals surface area contributed by atoms with E-state index >= 15 is 0 Å². The third kappa shape index (κ3) is 4.98. The summed E-state index contributed by atoms with van der Waals surface area (Å²) in [7, 11) is 1.98. The van der Waals surface area contributed by atoms with Crippen LogP contribution in [0.3, 0.4) is 0 Å². The summed E-state index contributed by atoms with van der Waals surface area (Å²) in [5, 5.41) is 13.5. The minimum atomic E-state index is -0.318. The Bertz CT molecular complexity index is 990. The summed E-state index contributed by atoms with van der Waals surface area (Å²) in [6.45, 7) is 5.86. The van der Waals surface area contributed by atoms with Gasteiger partial charge in [0.15, 0.2) is 0 Å². The number of aryl methyl sites for hydroxylation is 1. The first-order valence-electron chi connectivity index (χ1n) is 11.5. The van der Waals surface area contributed by atoms with Gasteiger partial charge < -0.3 is 15.0 Å². The van der Waals surface area contributed by atoms with Crippen LogP contribution in [0.25, 0.3) is 0 Å². The van der Waals surface area contributed by atoms with Gasteiger partial charge in [-0.05, 0) is 56.8 Å². The van der Waals surface area contributed by atoms with Gasteiger partial charge in [-0.2, -0.15) is 5.26 Å². The molecule has 1 atom stereocenters. The van der Waals surface area contributed by atoms with Crippen molar-refractivity contribution in [1.29, 1.82) is 5.26 Å². The number of likely N-dealkylation sites (N-methyl/N-ethyl adjacent to an activating group) is 1. The predicted molar refractivity (Wildman–Crippen MR) is 129 cm³/mol. The molecule has 7 heteroatoms. The number of anilines is 2. The van der Waals surface area contributed by atoms with Crippen molar-refractivity contribution in [2.24, 2.45) is 0 Å². The number of hydrogen-bond donors (Lipinski definition) is 1. The second kappa shape index (κ2) is 10.5. The van der Waals surface area contributed by atoms with Gasteiger partial charge >= 0.3 is 0 Å². The molecule has 2 aromatic rings. The van der Waals surface area contributed by atoms with Crippen LogP contribution in [-0.2, 0) is 28.9 Å². The summed E-state index contributed by atoms with van der Waals surface area (Å²) in [6.07, 6.45) is 5.44. The predicted octanol–water partition coefficient (Wildman–Crippen LogP) is 4.18. The fourth-order valence-corrected chi connectivity index (χ4v) is 5.77. The monoisotopic (exact) mass is 452 g/mol. The van der Waals surface area contributed by atoms with Crippen LogP contribution in [0.1, 0.15) is 47.8 Å². The molecule has 1 N–H and O–H groups in total. The van der Waals surface area contributed by atoms with E-state index in [4.69, 9.17) is 4.74 Å². The van der Waals surface area contributed by atoms with Crippen molar-refractivity contribution in [3.8, 4) is 6.07 Å². The Kier molecular flexibility index (Phi) is 7.46. The number of rotatable bonds is 6. The van der Waals surface area contributed by atoms with Gasteiger partial charge in [-0.15, -0.1) is 11.3 Å². The van der Waals surface area contributed by atoms with Crippen LogP contribution in [0.2, 0.25) is 0 Å². The van der Waals surface area contributed by atoms with Crippen molar-refractivity contribution in [2.75, 3.05) is 43.6 Å². The Balaban J connectivity index is 1.45. The zero-order valence-electron chi connectivity index (χ0n) is 19.0. The molecule has 0 saturated carbocycles. The lowest BCUT2D eigenvalue weighted by Crippen LogP contribution is -2.40. The quantitative estimate of drug-likeness (QED) is 0.666. The van der Waals surface area contributed by atoms with Crippen LogP contribution < -0.4 is 10.2 Å². The van der Waals surface area contributed by atoms with Crippen molar-refractivity contribution in [3.05, 3.63) is 45.8 Å². The molecule has 1 saturated heterocycles. The lowest BCUT2D eigenvalue weighted by Gasteiger charge is -2.32. The molecule has 1 aliphatic heterocycles. The molecule has 1 aliphatic carbocycles. The maximum atomic E-state index is 13.1. The molecule has 0 spiro atoms. The largest absolute Gasteiger partial charge is 0.378 e. The molecule has 4 rings (SSSR count). The van der Waals surface area contributed by atoms with E-state index in [1.165, 1.54) is 22.5 Å². The van der Waals surface area contributed by atoms with Gasteiger partial charge in [-0.1, -0.05) is 24.6 Å². The molecule has 1 amide bonds. The molecule has 2 aliphatic rings. The molecule has 32 heavy (non-hydrogen) atoms. The van der Waals surface area contributed by atoms with Crippen LogP contribution >= 0.6 is 11.3 Å². The van der Waals surface area contributed by atoms with Gasteiger partial charge in [0.2, 0.25) is 5.91 Å². The SMILES string of the molecule is CC(C(=O)Nc1sc2c(c1C#N)CCCCC2)N(C)Cc1ccccc1N1CCOCC1. The number of benzene rings is 1. The first kappa shape index (κ1) is 22.8. The highest BCUT2D eigenvalue weighted by Crippen LogP contribution is 2.37. The van der Waals surface area contributed by atoms with Gasteiger partial charge in [0, 0.05) is 30.2 Å². The highest BCUT2D eigenvalue weighted by molar-refractivity contribution is 7.16. The molecular weight excluding hydrogens is 420 g/mol. The molecule has 1 unspecified atom stereocenters. The fourth-order valence-electron chi connectivity index (χ4n) is 4.53. The lowest BCUT2D eigenvalue weighted by molar-refractivity contribution is -0.120. The Morgan fingerprint density at radius 1 is 1.25 bits per heavy atom. The number of amides is 1. The summed E-state index contributed by atoms with van der Waals surface area (Å²) in [5.74, 6) is -0.0655. The van der Waals surface area contributed by atoms with E-state index in [9.17, 15) is 10.1 Å². The molecular formula is C25H32N4O2S. The summed E-state index contributed by atoms with van der Waals surface area (Å²) in [5.41, 5.74) is 4.25. The van der Waals surface area contributed by atoms with Gasteiger partial charge in [0.05, 0.1) is 24.8 Å². The molecule has 0 bridgehead atoms. The second-order valence-electron chi connectivity index (χ2n) is 8.69. The number of thiophene rings is 1. The van der Waals surface area contributed by atoms with Gasteiger partial charge in [-0.3, -0.25) is 9.69 Å². The number of morpholine rings is 1. The minimum absolute atomic E-state index is 0.0655. The smallest absolute Gasteiger partial charge is 0.242 e. The fraction of sp³-hybridized carbons (Fsp3) is 0.520. The van der Waals surface area contributed by atoms with E-state index in [1.54, 1.807) is 11.3 Å². The van der Waals surface area contributed by atoms with Gasteiger partial charge in [0.25, 0.3) is 0 Å². The average Bonchev–Trinajstić information content (AvgIpc) is 2.98. The van der Waals surface area contributed by atoms with Crippen LogP contribution in [0.5, 0.6) is 0 Å². The number of nitrogens with one attached hydrogen (secondary N) is 1. The van der Waals surface area contributed by atoms with Gasteiger partial charge in [0.1, 0.15) is 11.1 Å². The molecule has 170 valence electrons. The van der Waals surface area contributed by atoms with Gasteiger partial charge in [-0.25, -0.2) is 0 Å². The summed E-state index contributed by atoms with van der Waals surface area (Å²) in [4.78, 5) is 18.8. The van der Waals surface area contributed by atoms with Crippen molar-refractivity contribution >= 4 is 27.9 Å². The average molecular weight is 453 g/mol. The molecule has 2 heterocycles. The number of carbonyl (C=O) groups excluding carboxylic acids is 1. The summed E-state index contributed by atoms with van der Waals surface area (Å²) < 4.78 is 5.50. The maximum Gasteiger partial charge on any atom is 0.242 e. The number of hydrogen-bond acceptors (Lipinski definition) is 6. The van der Waals surface area contributed by atoms with Crippen LogP contribution in [0, 0.1) is 11.3 Å². The number of carbonyl (C=O) groups is 1. The highest BCUT2D eigenvalue weighted by atomic mass is 32.1. The topological polar surface area (TPSA) is 68.6 Å². The molecule has 1 fully saturated rings. The number of nitrogens with zero attached hydrogens (tertiary/aromatic N) is 3. The normalized spacial score (nSPS) is 17.4. The molecule has 0 radical (unpaired) electrons. The van der Waals surface area contributed by atoms with E-state index in [0.29, 0.717) is 12.1 Å². The first-order chi connectivity index (χ1) is 15.6. The summed E-state index contributed by atoms with van der Waals surface area (Å²) in [6, 6.07) is 10.4. The lowest BCUT2D eigenvalue weighted by atomic mass is 10.1. The van der Waals surface area contributed by atoms with E-state index in [-0.39, 0.29) is 11.9 Å². The van der Waals surface area contributed by atoms with E-state index < -0.39 is 0 Å². The minimum Gasteiger partial charge on any atom is -0.378 e. The highest BCUT2D eigenvalue weighted by Gasteiger charge is 2.25. The van der Waals surface area contributed by atoms with E-state index in [0.717, 1.165) is 62.6 Å². The van der Waals surface area contributed by atoms with Crippen molar-refractivity contribution in [2.45, 2.75) is 51.6 Å². The third-order valence-electron chi connectivity index (χ3n) is 6.57. The molecule has 1 aromatic heterocycles. The van der Waals surface area contributed by atoms with E-state index in [2.05, 4.69) is 45.5 Å². The van der Waals surface area contributed by atoms with Crippen molar-refractivity contribution in [3.63, 3.8) is 0 Å². The maximum absolute atomic E-state index is 13.1. The summed E-state index contributed by atoms with van der Waals surface area (Å²) >= 11 is 1.59. The Hall–Kier alpha value is -2.40. The zero-order valence-corrected chi connectivity index (χ0v) is 19.8. The number of nitriles is 1. The number of fused-ring (bicyclic) bond motifs is 1. The Morgan fingerprint density at radius 2 is 2.00 bits per heavy atom. The molecule has 1 aromatic carbocycles. The van der Waals surface area contributed by atoms with Crippen LogP contribution in [0.15, 0.2) is 24.3 Å². The number of para-hydroxylation sites is 1. The second-order valence-corrected chi connectivity index (χ2v) is 9.79. The van der Waals surface area contributed by atoms with Crippen molar-refractivity contribution in [1.82, 2.24) is 4.90 Å². The standard InChI is InChI=1S/C25H32N4O2S/c1-18(24(30)27-25-21(16-26)20-9-4-3-5-11-23(20)32-25)28(2)17-19-8-6-7-10-22(19)29-12-14-31-15-13-29/h6-8,10,18H,3-5,9,11-15,17H2,1-2H3,(H,27,30). The van der Waals surface area contributed by atoms with Crippen molar-refractivity contribution < 1.29 is 9.53 Å². The number of ether oxygens (including phenoxy) is 1. The Morgan fingerprint density at radius 3 is 2.78 bits per heavy atom. The van der Waals surface area contributed by atoms with Crippen LogP contribution in [0.4, 0.5) is 10.7 Å². The van der Waals surface area contributed by atoms with Crippen LogP contribution in [-0.4, -0.2) is 50.2 Å². The Labute approximate surface area is 194 Å². The first-order valence-corrected chi connectivity index (χ1v) is 12.4. The third-order valence-corrected chi connectivity index (χ3v) is 7.78. The molecule has 6 nitrogen and oxygen atoms in total. The zero-order chi connectivity index (χ0) is 22.5. The van der Waals surface area contributed by atoms with E-state index in [1.807, 2.05) is 14.0 Å².